The van der Waals surface area contributed by atoms with Crippen LogP contribution in [0.4, 0.5) is 11.6 Å². The minimum absolute atomic E-state index is 0.0395. The van der Waals surface area contributed by atoms with Crippen molar-refractivity contribution in [1.29, 1.82) is 0 Å². The molecule has 0 atom stereocenters. The maximum atomic E-state index is 11.1. The molecule has 6 nitrogen and oxygen atoms in total. The number of fused-ring (bicyclic) bond motifs is 1. The lowest BCUT2D eigenvalue weighted by Crippen LogP contribution is -2.05. The standard InChI is InChI=1S/C11H14N4O2S/c16-15(17)10-9(12-5-1-2-8-3-4-8)13-11-14(10)6-7-18-11/h6-8,12H,1-5H2. The van der Waals surface area contributed by atoms with Gasteiger partial charge in [-0.2, -0.15) is 9.38 Å². The Morgan fingerprint density at radius 2 is 2.44 bits per heavy atom. The van der Waals surface area contributed by atoms with Gasteiger partial charge in [0.25, 0.3) is 4.96 Å². The molecule has 3 rings (SSSR count). The van der Waals surface area contributed by atoms with Crippen molar-refractivity contribution in [2.75, 3.05) is 11.9 Å². The SMILES string of the molecule is O=[N+]([O-])c1c(NCCCC2CC2)nc2sccn12. The van der Waals surface area contributed by atoms with Crippen LogP contribution in [0.3, 0.4) is 0 Å². The zero-order chi connectivity index (χ0) is 12.5. The summed E-state index contributed by atoms with van der Waals surface area (Å²) in [7, 11) is 0. The van der Waals surface area contributed by atoms with E-state index in [1.165, 1.54) is 35.0 Å². The highest BCUT2D eigenvalue weighted by atomic mass is 32.1. The molecule has 2 aromatic rings. The lowest BCUT2D eigenvalue weighted by Gasteiger charge is -2.02. The second-order valence-electron chi connectivity index (χ2n) is 4.61. The molecule has 1 fully saturated rings. The van der Waals surface area contributed by atoms with Gasteiger partial charge in [0.15, 0.2) is 0 Å². The lowest BCUT2D eigenvalue weighted by atomic mass is 10.2. The Bertz CT molecular complexity index is 573. The van der Waals surface area contributed by atoms with Crippen LogP contribution >= 0.6 is 11.3 Å². The fourth-order valence-corrected chi connectivity index (χ4v) is 2.78. The summed E-state index contributed by atoms with van der Waals surface area (Å²) < 4.78 is 1.52. The van der Waals surface area contributed by atoms with E-state index in [-0.39, 0.29) is 10.7 Å². The smallest absolute Gasteiger partial charge is 0.363 e. The molecule has 1 aliphatic rings. The average molecular weight is 266 g/mol. The van der Waals surface area contributed by atoms with Crippen molar-refractivity contribution in [3.05, 3.63) is 21.7 Å². The predicted molar refractivity (Wildman–Crippen MR) is 70.2 cm³/mol. The molecular weight excluding hydrogens is 252 g/mol. The number of nitrogens with zero attached hydrogens (tertiary/aromatic N) is 3. The highest BCUT2D eigenvalue weighted by Crippen LogP contribution is 2.33. The van der Waals surface area contributed by atoms with Gasteiger partial charge < -0.3 is 15.4 Å². The number of rotatable bonds is 6. The summed E-state index contributed by atoms with van der Waals surface area (Å²) in [6.07, 6.45) is 6.64. The van der Waals surface area contributed by atoms with E-state index in [2.05, 4.69) is 10.3 Å². The topological polar surface area (TPSA) is 72.5 Å². The van der Waals surface area contributed by atoms with Crippen molar-refractivity contribution in [1.82, 2.24) is 9.38 Å². The molecular formula is C11H14N4O2S. The fraction of sp³-hybridized carbons (Fsp3) is 0.545. The van der Waals surface area contributed by atoms with Crippen molar-refractivity contribution in [2.45, 2.75) is 25.7 Å². The van der Waals surface area contributed by atoms with Gasteiger partial charge >= 0.3 is 5.82 Å². The zero-order valence-corrected chi connectivity index (χ0v) is 10.7. The minimum atomic E-state index is -0.379. The number of nitrogens with one attached hydrogen (secondary N) is 1. The van der Waals surface area contributed by atoms with Crippen LogP contribution in [0, 0.1) is 16.0 Å². The first-order chi connectivity index (χ1) is 8.75. The van der Waals surface area contributed by atoms with E-state index in [1.54, 1.807) is 11.6 Å². The largest absolute Gasteiger partial charge is 0.372 e. The third-order valence-corrected chi connectivity index (χ3v) is 3.94. The monoisotopic (exact) mass is 266 g/mol. The molecule has 0 aliphatic heterocycles. The average Bonchev–Trinajstić information content (AvgIpc) is 2.92. The predicted octanol–water partition coefficient (Wildman–Crippen LogP) is 2.91. The number of imidazole rings is 1. The van der Waals surface area contributed by atoms with Crippen LogP contribution in [0.1, 0.15) is 25.7 Å². The first-order valence-electron chi connectivity index (χ1n) is 6.09. The molecule has 96 valence electrons. The lowest BCUT2D eigenvalue weighted by molar-refractivity contribution is -0.389. The minimum Gasteiger partial charge on any atom is -0.363 e. The van der Waals surface area contributed by atoms with Gasteiger partial charge in [-0.05, 0) is 23.7 Å². The Morgan fingerprint density at radius 1 is 1.61 bits per heavy atom. The molecule has 1 aliphatic carbocycles. The molecule has 0 spiro atoms. The van der Waals surface area contributed by atoms with Gasteiger partial charge in [-0.15, -0.1) is 0 Å². The van der Waals surface area contributed by atoms with Crippen LogP contribution in [0.5, 0.6) is 0 Å². The van der Waals surface area contributed by atoms with Crippen molar-refractivity contribution in [3.63, 3.8) is 0 Å². The summed E-state index contributed by atoms with van der Waals surface area (Å²) in [5.74, 6) is 1.33. The van der Waals surface area contributed by atoms with E-state index < -0.39 is 0 Å². The molecule has 0 aromatic carbocycles. The molecule has 0 unspecified atom stereocenters. The van der Waals surface area contributed by atoms with E-state index in [9.17, 15) is 10.1 Å². The molecule has 2 aromatic heterocycles. The molecule has 0 bridgehead atoms. The van der Waals surface area contributed by atoms with Crippen molar-refractivity contribution in [3.8, 4) is 0 Å². The van der Waals surface area contributed by atoms with Gasteiger partial charge in [0.05, 0.1) is 0 Å². The number of nitro groups is 1. The summed E-state index contributed by atoms with van der Waals surface area (Å²) >= 11 is 1.40. The van der Waals surface area contributed by atoms with E-state index in [4.69, 9.17) is 0 Å². The van der Waals surface area contributed by atoms with Crippen molar-refractivity contribution < 1.29 is 4.92 Å². The van der Waals surface area contributed by atoms with Crippen LogP contribution in [-0.2, 0) is 0 Å². The van der Waals surface area contributed by atoms with Crippen LogP contribution in [-0.4, -0.2) is 20.9 Å². The highest BCUT2D eigenvalue weighted by molar-refractivity contribution is 7.15. The van der Waals surface area contributed by atoms with E-state index in [1.807, 2.05) is 0 Å². The summed E-state index contributed by atoms with van der Waals surface area (Å²) in [6, 6.07) is 0. The Balaban J connectivity index is 1.71. The molecule has 0 amide bonds. The van der Waals surface area contributed by atoms with Crippen LogP contribution in [0.15, 0.2) is 11.6 Å². The summed E-state index contributed by atoms with van der Waals surface area (Å²) in [6.45, 7) is 0.752. The quantitative estimate of drug-likeness (QED) is 0.495. The molecule has 1 N–H and O–H groups in total. The second-order valence-corrected chi connectivity index (χ2v) is 5.48. The van der Waals surface area contributed by atoms with Gasteiger partial charge in [0.1, 0.15) is 6.20 Å². The number of hydrogen-bond donors (Lipinski definition) is 1. The third-order valence-electron chi connectivity index (χ3n) is 3.19. The Kier molecular flexibility index (Phi) is 2.91. The van der Waals surface area contributed by atoms with Gasteiger partial charge in [-0.1, -0.05) is 24.2 Å². The van der Waals surface area contributed by atoms with E-state index in [0.29, 0.717) is 10.8 Å². The first kappa shape index (κ1) is 11.5. The maximum absolute atomic E-state index is 11.1. The number of anilines is 1. The second kappa shape index (κ2) is 4.56. The van der Waals surface area contributed by atoms with Crippen LogP contribution in [0.2, 0.25) is 0 Å². The third kappa shape index (κ3) is 2.17. The van der Waals surface area contributed by atoms with Crippen molar-refractivity contribution in [2.24, 2.45) is 5.92 Å². The highest BCUT2D eigenvalue weighted by Gasteiger charge is 2.24. The molecule has 18 heavy (non-hydrogen) atoms. The Labute approximate surface area is 108 Å². The number of aromatic nitrogens is 2. The number of thiazole rings is 1. The fourth-order valence-electron chi connectivity index (χ4n) is 2.07. The summed E-state index contributed by atoms with van der Waals surface area (Å²) in [5.41, 5.74) is 0. The molecule has 7 heteroatoms. The first-order valence-corrected chi connectivity index (χ1v) is 6.97. The zero-order valence-electron chi connectivity index (χ0n) is 9.83. The Hall–Kier alpha value is -1.63. The van der Waals surface area contributed by atoms with Crippen LogP contribution < -0.4 is 5.32 Å². The van der Waals surface area contributed by atoms with E-state index in [0.717, 1.165) is 18.9 Å². The normalized spacial score (nSPS) is 15.1. The maximum Gasteiger partial charge on any atom is 0.372 e. The Morgan fingerprint density at radius 3 is 3.17 bits per heavy atom. The molecule has 0 saturated heterocycles. The van der Waals surface area contributed by atoms with Crippen molar-refractivity contribution >= 4 is 27.9 Å². The van der Waals surface area contributed by atoms with Gasteiger partial charge in [0.2, 0.25) is 5.82 Å². The summed E-state index contributed by atoms with van der Waals surface area (Å²) in [4.78, 5) is 15.6. The molecule has 1 saturated carbocycles. The van der Waals surface area contributed by atoms with Gasteiger partial charge in [0, 0.05) is 11.9 Å². The molecule has 0 radical (unpaired) electrons. The number of hydrogen-bond acceptors (Lipinski definition) is 5. The van der Waals surface area contributed by atoms with Crippen LogP contribution in [0.25, 0.3) is 4.96 Å². The summed E-state index contributed by atoms with van der Waals surface area (Å²) in [5, 5.41) is 15.9. The van der Waals surface area contributed by atoms with Gasteiger partial charge in [-0.3, -0.25) is 0 Å². The van der Waals surface area contributed by atoms with Gasteiger partial charge in [-0.25, -0.2) is 0 Å². The molecule has 2 heterocycles. The van der Waals surface area contributed by atoms with E-state index >= 15 is 0 Å².